The molecule has 5 nitrogen and oxygen atoms in total. The standard InChI is InChI=1S/C22H22N2O3S/c1-3-17-11-7-9-15-20(17)23-22(25)19-14-8-10-16-21(19)24(2)28(26,27)18-12-5-4-6-13-18/h4-16H,3H2,1-2H3,(H,23,25). The Balaban J connectivity index is 1.96. The van der Waals surface area contributed by atoms with Gasteiger partial charge in [0.05, 0.1) is 16.1 Å². The van der Waals surface area contributed by atoms with Gasteiger partial charge in [0.2, 0.25) is 0 Å². The van der Waals surface area contributed by atoms with Gasteiger partial charge in [-0.15, -0.1) is 0 Å². The van der Waals surface area contributed by atoms with Crippen LogP contribution in [0.1, 0.15) is 22.8 Å². The zero-order valence-corrected chi connectivity index (χ0v) is 16.6. The molecule has 1 N–H and O–H groups in total. The monoisotopic (exact) mass is 394 g/mol. The number of amides is 1. The topological polar surface area (TPSA) is 66.5 Å². The predicted molar refractivity (Wildman–Crippen MR) is 112 cm³/mol. The molecule has 3 rings (SSSR count). The van der Waals surface area contributed by atoms with Crippen molar-refractivity contribution < 1.29 is 13.2 Å². The maximum atomic E-state index is 13.0. The van der Waals surface area contributed by atoms with E-state index in [1.807, 2.05) is 31.2 Å². The molecule has 0 unspecified atom stereocenters. The highest BCUT2D eigenvalue weighted by molar-refractivity contribution is 7.92. The lowest BCUT2D eigenvalue weighted by Crippen LogP contribution is -2.29. The zero-order valence-electron chi connectivity index (χ0n) is 15.8. The first kappa shape index (κ1) is 19.6. The van der Waals surface area contributed by atoms with E-state index in [0.29, 0.717) is 5.69 Å². The van der Waals surface area contributed by atoms with Crippen LogP contribution in [0.5, 0.6) is 0 Å². The van der Waals surface area contributed by atoms with Gasteiger partial charge in [0, 0.05) is 12.7 Å². The van der Waals surface area contributed by atoms with Crippen LogP contribution in [-0.4, -0.2) is 21.4 Å². The van der Waals surface area contributed by atoms with Crippen molar-refractivity contribution in [2.45, 2.75) is 18.2 Å². The van der Waals surface area contributed by atoms with E-state index in [1.165, 1.54) is 19.2 Å². The van der Waals surface area contributed by atoms with E-state index in [0.717, 1.165) is 22.0 Å². The Labute approximate surface area is 165 Å². The second-order valence-corrected chi connectivity index (χ2v) is 8.24. The molecular weight excluding hydrogens is 372 g/mol. The molecule has 144 valence electrons. The van der Waals surface area contributed by atoms with Crippen molar-refractivity contribution >= 4 is 27.3 Å². The van der Waals surface area contributed by atoms with E-state index in [1.54, 1.807) is 42.5 Å². The van der Waals surface area contributed by atoms with Gasteiger partial charge in [-0.3, -0.25) is 9.10 Å². The molecule has 0 fully saturated rings. The normalized spacial score (nSPS) is 11.1. The van der Waals surface area contributed by atoms with E-state index in [2.05, 4.69) is 5.32 Å². The Kier molecular flexibility index (Phi) is 5.80. The minimum absolute atomic E-state index is 0.170. The molecule has 0 aliphatic carbocycles. The van der Waals surface area contributed by atoms with Crippen molar-refractivity contribution in [1.82, 2.24) is 0 Å². The Bertz CT molecular complexity index is 1080. The number of sulfonamides is 1. The molecule has 0 aliphatic rings. The van der Waals surface area contributed by atoms with Gasteiger partial charge >= 0.3 is 0 Å². The number of nitrogens with zero attached hydrogens (tertiary/aromatic N) is 1. The summed E-state index contributed by atoms with van der Waals surface area (Å²) in [5, 5.41) is 2.90. The molecule has 0 saturated heterocycles. The van der Waals surface area contributed by atoms with Crippen molar-refractivity contribution in [2.75, 3.05) is 16.7 Å². The third-order valence-electron chi connectivity index (χ3n) is 4.54. The maximum absolute atomic E-state index is 13.0. The summed E-state index contributed by atoms with van der Waals surface area (Å²) in [6.45, 7) is 2.01. The first-order valence-corrected chi connectivity index (χ1v) is 10.4. The number of rotatable bonds is 6. The molecule has 0 atom stereocenters. The SMILES string of the molecule is CCc1ccccc1NC(=O)c1ccccc1N(C)S(=O)(=O)c1ccccc1. The third-order valence-corrected chi connectivity index (χ3v) is 6.32. The fourth-order valence-corrected chi connectivity index (χ4v) is 4.20. The lowest BCUT2D eigenvalue weighted by Gasteiger charge is -2.22. The van der Waals surface area contributed by atoms with Gasteiger partial charge in [-0.2, -0.15) is 0 Å². The minimum atomic E-state index is -3.78. The van der Waals surface area contributed by atoms with Gasteiger partial charge in [0.25, 0.3) is 15.9 Å². The number of anilines is 2. The lowest BCUT2D eigenvalue weighted by atomic mass is 10.1. The summed E-state index contributed by atoms with van der Waals surface area (Å²) < 4.78 is 27.1. The van der Waals surface area contributed by atoms with Crippen molar-refractivity contribution in [1.29, 1.82) is 0 Å². The van der Waals surface area contributed by atoms with E-state index in [9.17, 15) is 13.2 Å². The molecule has 28 heavy (non-hydrogen) atoms. The predicted octanol–water partition coefficient (Wildman–Crippen LogP) is 4.33. The Hall–Kier alpha value is -3.12. The molecule has 3 aromatic rings. The van der Waals surface area contributed by atoms with Crippen LogP contribution >= 0.6 is 0 Å². The molecule has 0 spiro atoms. The number of carbonyl (C=O) groups is 1. The van der Waals surface area contributed by atoms with E-state index >= 15 is 0 Å². The summed E-state index contributed by atoms with van der Waals surface area (Å²) in [5.74, 6) is -0.355. The molecule has 0 saturated carbocycles. The summed E-state index contributed by atoms with van der Waals surface area (Å²) >= 11 is 0. The zero-order chi connectivity index (χ0) is 20.1. The highest BCUT2D eigenvalue weighted by atomic mass is 32.2. The fraction of sp³-hybridized carbons (Fsp3) is 0.136. The summed E-state index contributed by atoms with van der Waals surface area (Å²) in [7, 11) is -2.33. The molecule has 0 aliphatic heterocycles. The number of aryl methyl sites for hydroxylation is 1. The number of hydrogen-bond acceptors (Lipinski definition) is 3. The molecule has 3 aromatic carbocycles. The Morgan fingerprint density at radius 2 is 1.50 bits per heavy atom. The van der Waals surface area contributed by atoms with Crippen molar-refractivity contribution in [2.24, 2.45) is 0 Å². The fourth-order valence-electron chi connectivity index (χ4n) is 2.96. The van der Waals surface area contributed by atoms with Crippen LogP contribution in [0.2, 0.25) is 0 Å². The van der Waals surface area contributed by atoms with Crippen LogP contribution in [0.15, 0.2) is 83.8 Å². The summed E-state index contributed by atoms with van der Waals surface area (Å²) in [6, 6.07) is 22.4. The second-order valence-electron chi connectivity index (χ2n) is 6.27. The van der Waals surface area contributed by atoms with E-state index in [-0.39, 0.29) is 16.4 Å². The second kappa shape index (κ2) is 8.27. The number of nitrogens with one attached hydrogen (secondary N) is 1. The minimum Gasteiger partial charge on any atom is -0.322 e. The van der Waals surface area contributed by atoms with Crippen molar-refractivity contribution in [3.8, 4) is 0 Å². The van der Waals surface area contributed by atoms with Crippen LogP contribution in [0.3, 0.4) is 0 Å². The summed E-state index contributed by atoms with van der Waals surface area (Å²) in [5.41, 5.74) is 2.34. The maximum Gasteiger partial charge on any atom is 0.264 e. The quantitative estimate of drug-likeness (QED) is 0.677. The number of hydrogen-bond donors (Lipinski definition) is 1. The average Bonchev–Trinajstić information content (AvgIpc) is 2.74. The van der Waals surface area contributed by atoms with Crippen molar-refractivity contribution in [3.63, 3.8) is 0 Å². The first-order valence-electron chi connectivity index (χ1n) is 8.97. The van der Waals surface area contributed by atoms with Gasteiger partial charge in [-0.1, -0.05) is 55.5 Å². The molecule has 0 bridgehead atoms. The van der Waals surface area contributed by atoms with Gasteiger partial charge in [0.15, 0.2) is 0 Å². The third kappa shape index (κ3) is 3.92. The van der Waals surface area contributed by atoms with Crippen LogP contribution in [0.4, 0.5) is 11.4 Å². The smallest absolute Gasteiger partial charge is 0.264 e. The molecule has 0 aromatic heterocycles. The van der Waals surface area contributed by atoms with Gasteiger partial charge in [0.1, 0.15) is 0 Å². The molecular formula is C22H22N2O3S. The molecule has 0 heterocycles. The van der Waals surface area contributed by atoms with Gasteiger partial charge in [-0.05, 0) is 42.3 Å². The lowest BCUT2D eigenvalue weighted by molar-refractivity contribution is 0.102. The van der Waals surface area contributed by atoms with E-state index < -0.39 is 10.0 Å². The largest absolute Gasteiger partial charge is 0.322 e. The molecule has 6 heteroatoms. The molecule has 1 amide bonds. The highest BCUT2D eigenvalue weighted by Gasteiger charge is 2.25. The average molecular weight is 394 g/mol. The van der Waals surface area contributed by atoms with Crippen LogP contribution in [0.25, 0.3) is 0 Å². The first-order chi connectivity index (χ1) is 13.4. The van der Waals surface area contributed by atoms with Gasteiger partial charge < -0.3 is 5.32 Å². The van der Waals surface area contributed by atoms with Crippen LogP contribution < -0.4 is 9.62 Å². The van der Waals surface area contributed by atoms with Crippen molar-refractivity contribution in [3.05, 3.63) is 90.0 Å². The van der Waals surface area contributed by atoms with Crippen LogP contribution in [-0.2, 0) is 16.4 Å². The molecule has 0 radical (unpaired) electrons. The number of benzene rings is 3. The highest BCUT2D eigenvalue weighted by Crippen LogP contribution is 2.27. The van der Waals surface area contributed by atoms with Crippen LogP contribution in [0, 0.1) is 0 Å². The van der Waals surface area contributed by atoms with E-state index in [4.69, 9.17) is 0 Å². The Morgan fingerprint density at radius 1 is 0.893 bits per heavy atom. The number of carbonyl (C=O) groups excluding carboxylic acids is 1. The Morgan fingerprint density at radius 3 is 2.21 bits per heavy atom. The summed E-state index contributed by atoms with van der Waals surface area (Å²) in [6.07, 6.45) is 0.778. The van der Waals surface area contributed by atoms with Gasteiger partial charge in [-0.25, -0.2) is 8.42 Å². The summed E-state index contributed by atoms with van der Waals surface area (Å²) in [4.78, 5) is 13.1. The number of para-hydroxylation sites is 2.